The molecule has 0 aliphatic carbocycles. The summed E-state index contributed by atoms with van der Waals surface area (Å²) < 4.78 is 21.8. The summed E-state index contributed by atoms with van der Waals surface area (Å²) in [4.78, 5) is 6.43. The van der Waals surface area contributed by atoms with E-state index in [2.05, 4.69) is 10.3 Å². The highest BCUT2D eigenvalue weighted by Gasteiger charge is 2.12. The van der Waals surface area contributed by atoms with Crippen LogP contribution in [-0.2, 0) is 13.1 Å². The van der Waals surface area contributed by atoms with E-state index in [0.717, 1.165) is 40.1 Å². The summed E-state index contributed by atoms with van der Waals surface area (Å²) in [7, 11) is 8.69. The van der Waals surface area contributed by atoms with Crippen molar-refractivity contribution in [3.63, 3.8) is 0 Å². The van der Waals surface area contributed by atoms with E-state index in [1.165, 1.54) is 0 Å². The maximum absolute atomic E-state index is 5.57. The van der Waals surface area contributed by atoms with Crippen molar-refractivity contribution in [2.24, 2.45) is 4.99 Å². The standard InChI is InChI=1S/C22H31N3O4.HI/c1-7-29-19-11-8-16(12-21(19)28-6)14-24-22(23-2)25(3)15-17-9-10-18(26-4)13-20(17)27-5;/h8-13H,7,14-15H2,1-6H3,(H,23,24);1H. The van der Waals surface area contributed by atoms with Gasteiger partial charge in [-0.05, 0) is 36.8 Å². The molecular weight excluding hydrogens is 497 g/mol. The highest BCUT2D eigenvalue weighted by Crippen LogP contribution is 2.28. The van der Waals surface area contributed by atoms with Crippen LogP contribution in [0, 0.1) is 0 Å². The number of guanidine groups is 1. The summed E-state index contributed by atoms with van der Waals surface area (Å²) in [6.45, 7) is 3.80. The maximum Gasteiger partial charge on any atom is 0.193 e. The van der Waals surface area contributed by atoms with Crippen molar-refractivity contribution in [1.82, 2.24) is 10.2 Å². The summed E-state index contributed by atoms with van der Waals surface area (Å²) in [6, 6.07) is 11.7. The third kappa shape index (κ3) is 6.86. The summed E-state index contributed by atoms with van der Waals surface area (Å²) in [6.07, 6.45) is 0. The molecule has 7 nitrogen and oxygen atoms in total. The Labute approximate surface area is 196 Å². The van der Waals surface area contributed by atoms with Gasteiger partial charge in [-0.25, -0.2) is 0 Å². The van der Waals surface area contributed by atoms with Crippen LogP contribution in [0.15, 0.2) is 41.4 Å². The van der Waals surface area contributed by atoms with E-state index in [9.17, 15) is 0 Å². The van der Waals surface area contributed by atoms with Crippen molar-refractivity contribution in [2.75, 3.05) is 42.0 Å². The van der Waals surface area contributed by atoms with E-state index in [-0.39, 0.29) is 24.0 Å². The van der Waals surface area contributed by atoms with E-state index in [0.29, 0.717) is 19.7 Å². The zero-order valence-corrected chi connectivity index (χ0v) is 20.9. The van der Waals surface area contributed by atoms with Gasteiger partial charge in [-0.1, -0.05) is 6.07 Å². The Morgan fingerprint density at radius 2 is 1.70 bits per heavy atom. The van der Waals surface area contributed by atoms with E-state index in [1.54, 1.807) is 28.4 Å². The van der Waals surface area contributed by atoms with Crippen LogP contribution in [0.2, 0.25) is 0 Å². The molecule has 0 saturated heterocycles. The molecule has 0 amide bonds. The SMILES string of the molecule is CCOc1ccc(CNC(=NC)N(C)Cc2ccc(OC)cc2OC)cc1OC.I. The summed E-state index contributed by atoms with van der Waals surface area (Å²) in [5, 5.41) is 3.38. The van der Waals surface area contributed by atoms with Crippen molar-refractivity contribution in [2.45, 2.75) is 20.0 Å². The monoisotopic (exact) mass is 529 g/mol. The van der Waals surface area contributed by atoms with Gasteiger partial charge in [0.15, 0.2) is 17.5 Å². The zero-order chi connectivity index (χ0) is 21.2. The number of rotatable bonds is 9. The lowest BCUT2D eigenvalue weighted by atomic mass is 10.2. The van der Waals surface area contributed by atoms with Crippen molar-refractivity contribution in [1.29, 1.82) is 0 Å². The Bertz CT molecular complexity index is 830. The molecule has 0 fully saturated rings. The normalized spacial score (nSPS) is 10.7. The van der Waals surface area contributed by atoms with Crippen LogP contribution in [0.5, 0.6) is 23.0 Å². The number of ether oxygens (including phenoxy) is 4. The molecule has 0 unspecified atom stereocenters. The lowest BCUT2D eigenvalue weighted by Gasteiger charge is -2.23. The van der Waals surface area contributed by atoms with Gasteiger partial charge >= 0.3 is 0 Å². The van der Waals surface area contributed by atoms with Crippen molar-refractivity contribution in [3.05, 3.63) is 47.5 Å². The lowest BCUT2D eigenvalue weighted by molar-refractivity contribution is 0.310. The first kappa shape index (κ1) is 25.7. The Kier molecular flexibility index (Phi) is 11.2. The zero-order valence-electron chi connectivity index (χ0n) is 18.5. The predicted molar refractivity (Wildman–Crippen MR) is 131 cm³/mol. The van der Waals surface area contributed by atoms with Crippen LogP contribution < -0.4 is 24.3 Å². The molecule has 0 spiro atoms. The first-order chi connectivity index (χ1) is 14.1. The third-order valence-electron chi connectivity index (χ3n) is 4.45. The highest BCUT2D eigenvalue weighted by atomic mass is 127. The topological polar surface area (TPSA) is 64.6 Å². The Balaban J connectivity index is 0.00000450. The molecule has 0 atom stereocenters. The Morgan fingerprint density at radius 3 is 2.30 bits per heavy atom. The molecule has 30 heavy (non-hydrogen) atoms. The average Bonchev–Trinajstić information content (AvgIpc) is 2.75. The number of nitrogens with zero attached hydrogens (tertiary/aromatic N) is 2. The van der Waals surface area contributed by atoms with E-state index >= 15 is 0 Å². The molecule has 0 heterocycles. The fraction of sp³-hybridized carbons (Fsp3) is 0.409. The van der Waals surface area contributed by atoms with Crippen molar-refractivity contribution < 1.29 is 18.9 Å². The first-order valence-electron chi connectivity index (χ1n) is 9.48. The second-order valence-corrected chi connectivity index (χ2v) is 6.35. The molecule has 2 rings (SSSR count). The number of methoxy groups -OCH3 is 3. The molecule has 8 heteroatoms. The number of halogens is 1. The van der Waals surface area contributed by atoms with Gasteiger partial charge in [0.25, 0.3) is 0 Å². The quantitative estimate of drug-likeness (QED) is 0.302. The molecular formula is C22H32IN3O4. The molecule has 0 bridgehead atoms. The summed E-state index contributed by atoms with van der Waals surface area (Å²) in [5.74, 6) is 3.78. The number of aliphatic imine (C=N–C) groups is 1. The summed E-state index contributed by atoms with van der Waals surface area (Å²) >= 11 is 0. The molecule has 1 N–H and O–H groups in total. The van der Waals surface area contributed by atoms with Gasteiger partial charge in [0.2, 0.25) is 0 Å². The van der Waals surface area contributed by atoms with E-state index in [1.807, 2.05) is 55.3 Å². The van der Waals surface area contributed by atoms with Gasteiger partial charge in [0, 0.05) is 38.8 Å². The van der Waals surface area contributed by atoms with Gasteiger partial charge in [0.05, 0.1) is 27.9 Å². The number of hydrogen-bond donors (Lipinski definition) is 1. The molecule has 0 radical (unpaired) electrons. The third-order valence-corrected chi connectivity index (χ3v) is 4.45. The van der Waals surface area contributed by atoms with Crippen LogP contribution in [0.3, 0.4) is 0 Å². The predicted octanol–water partition coefficient (Wildman–Crippen LogP) is 3.94. The van der Waals surface area contributed by atoms with Gasteiger partial charge in [-0.15, -0.1) is 24.0 Å². The van der Waals surface area contributed by atoms with Gasteiger partial charge < -0.3 is 29.2 Å². The molecule has 2 aromatic carbocycles. The minimum Gasteiger partial charge on any atom is -0.497 e. The van der Waals surface area contributed by atoms with Crippen LogP contribution in [0.4, 0.5) is 0 Å². The molecule has 0 saturated carbocycles. The van der Waals surface area contributed by atoms with E-state index < -0.39 is 0 Å². The second-order valence-electron chi connectivity index (χ2n) is 6.35. The van der Waals surface area contributed by atoms with Crippen molar-refractivity contribution in [3.8, 4) is 23.0 Å². The molecule has 2 aromatic rings. The fourth-order valence-corrected chi connectivity index (χ4v) is 2.98. The van der Waals surface area contributed by atoms with Crippen LogP contribution >= 0.6 is 24.0 Å². The lowest BCUT2D eigenvalue weighted by Crippen LogP contribution is -2.38. The molecule has 0 aromatic heterocycles. The van der Waals surface area contributed by atoms with Gasteiger partial charge in [-0.3, -0.25) is 4.99 Å². The van der Waals surface area contributed by atoms with E-state index in [4.69, 9.17) is 18.9 Å². The van der Waals surface area contributed by atoms with Crippen LogP contribution in [-0.4, -0.2) is 52.9 Å². The largest absolute Gasteiger partial charge is 0.497 e. The van der Waals surface area contributed by atoms with Crippen LogP contribution in [0.25, 0.3) is 0 Å². The smallest absolute Gasteiger partial charge is 0.193 e. The fourth-order valence-electron chi connectivity index (χ4n) is 2.98. The molecule has 0 aliphatic rings. The second kappa shape index (κ2) is 13.0. The Morgan fingerprint density at radius 1 is 0.967 bits per heavy atom. The highest BCUT2D eigenvalue weighted by molar-refractivity contribution is 14.0. The number of nitrogens with one attached hydrogen (secondary N) is 1. The number of benzene rings is 2. The van der Waals surface area contributed by atoms with Crippen molar-refractivity contribution >= 4 is 29.9 Å². The minimum atomic E-state index is 0. The number of hydrogen-bond acceptors (Lipinski definition) is 5. The average molecular weight is 529 g/mol. The molecule has 0 aliphatic heterocycles. The summed E-state index contributed by atoms with van der Waals surface area (Å²) in [5.41, 5.74) is 2.11. The van der Waals surface area contributed by atoms with Gasteiger partial charge in [-0.2, -0.15) is 0 Å². The maximum atomic E-state index is 5.57. The Hall–Kier alpha value is -2.36. The minimum absolute atomic E-state index is 0. The first-order valence-corrected chi connectivity index (χ1v) is 9.48. The van der Waals surface area contributed by atoms with Crippen LogP contribution in [0.1, 0.15) is 18.1 Å². The van der Waals surface area contributed by atoms with Gasteiger partial charge in [0.1, 0.15) is 11.5 Å². The molecule has 166 valence electrons.